The molecule has 1 amide bonds. The second kappa shape index (κ2) is 6.32. The van der Waals surface area contributed by atoms with Crippen LogP contribution in [0.1, 0.15) is 10.4 Å². The summed E-state index contributed by atoms with van der Waals surface area (Å²) in [5.41, 5.74) is 2.28. The zero-order valence-electron chi connectivity index (χ0n) is 11.3. The molecule has 3 rings (SSSR count). The number of ether oxygens (including phenoxy) is 1. The van der Waals surface area contributed by atoms with Gasteiger partial charge >= 0.3 is 0 Å². The molecule has 1 N–H and O–H groups in total. The molecule has 1 aliphatic heterocycles. The monoisotopic (exact) mass is 350 g/mol. The number of carbonyl (C=O) groups is 1. The Labute approximate surface area is 131 Å². The molecule has 6 heteroatoms. The van der Waals surface area contributed by atoms with Crippen LogP contribution >= 0.6 is 15.9 Å². The molecule has 0 atom stereocenters. The highest BCUT2D eigenvalue weighted by atomic mass is 79.9. The average molecular weight is 351 g/mol. The number of nitrogens with one attached hydrogen (secondary N) is 1. The summed E-state index contributed by atoms with van der Waals surface area (Å²) in [6.45, 7) is 3.03. The smallest absolute Gasteiger partial charge is 0.258 e. The molecule has 0 aliphatic carbocycles. The van der Waals surface area contributed by atoms with Gasteiger partial charge in [-0.05, 0) is 24.3 Å². The standard InChI is InChI=1S/C15H15BrN2O3/c16-12-1-2-14(18-4-7-20-8-5-18)13(9-12)17-15(19)11-3-6-21-10-11/h1-3,6,9-10H,4-5,7-8H2,(H,17,19). The van der Waals surface area contributed by atoms with Crippen LogP contribution in [0, 0.1) is 0 Å². The molecule has 1 aliphatic rings. The fourth-order valence-corrected chi connectivity index (χ4v) is 2.64. The van der Waals surface area contributed by atoms with Gasteiger partial charge in [0.2, 0.25) is 0 Å². The van der Waals surface area contributed by atoms with Gasteiger partial charge in [0, 0.05) is 17.6 Å². The molecular weight excluding hydrogens is 336 g/mol. The van der Waals surface area contributed by atoms with Gasteiger partial charge < -0.3 is 19.4 Å². The highest BCUT2D eigenvalue weighted by Gasteiger charge is 2.17. The van der Waals surface area contributed by atoms with Gasteiger partial charge in [0.15, 0.2) is 0 Å². The number of furan rings is 1. The number of hydrogen-bond acceptors (Lipinski definition) is 4. The Bertz CT molecular complexity index is 622. The highest BCUT2D eigenvalue weighted by molar-refractivity contribution is 9.10. The van der Waals surface area contributed by atoms with Gasteiger partial charge in [0.1, 0.15) is 6.26 Å². The van der Waals surface area contributed by atoms with Crippen molar-refractivity contribution in [3.05, 3.63) is 46.8 Å². The lowest BCUT2D eigenvalue weighted by molar-refractivity contribution is 0.102. The highest BCUT2D eigenvalue weighted by Crippen LogP contribution is 2.30. The Morgan fingerprint density at radius 3 is 2.76 bits per heavy atom. The van der Waals surface area contributed by atoms with E-state index in [1.165, 1.54) is 12.5 Å². The van der Waals surface area contributed by atoms with E-state index in [1.54, 1.807) is 6.07 Å². The van der Waals surface area contributed by atoms with E-state index in [0.29, 0.717) is 18.8 Å². The molecule has 0 bridgehead atoms. The third-order valence-corrected chi connectivity index (χ3v) is 3.84. The van der Waals surface area contributed by atoms with E-state index in [2.05, 4.69) is 26.1 Å². The summed E-state index contributed by atoms with van der Waals surface area (Å²) in [5, 5.41) is 2.94. The lowest BCUT2D eigenvalue weighted by Gasteiger charge is -2.30. The molecule has 2 heterocycles. The van der Waals surface area contributed by atoms with Crippen LogP contribution in [-0.4, -0.2) is 32.2 Å². The van der Waals surface area contributed by atoms with Crippen molar-refractivity contribution >= 4 is 33.2 Å². The summed E-state index contributed by atoms with van der Waals surface area (Å²) in [4.78, 5) is 14.4. The van der Waals surface area contributed by atoms with Gasteiger partial charge in [-0.1, -0.05) is 15.9 Å². The fourth-order valence-electron chi connectivity index (χ4n) is 2.28. The zero-order chi connectivity index (χ0) is 14.7. The van der Waals surface area contributed by atoms with Crippen molar-refractivity contribution < 1.29 is 13.9 Å². The molecule has 0 spiro atoms. The van der Waals surface area contributed by atoms with Crippen molar-refractivity contribution in [2.24, 2.45) is 0 Å². The Kier molecular flexibility index (Phi) is 4.26. The van der Waals surface area contributed by atoms with Gasteiger partial charge in [0.05, 0.1) is 36.4 Å². The quantitative estimate of drug-likeness (QED) is 0.923. The molecule has 0 unspecified atom stereocenters. The number of amides is 1. The van der Waals surface area contributed by atoms with Gasteiger partial charge in [-0.3, -0.25) is 4.79 Å². The zero-order valence-corrected chi connectivity index (χ0v) is 12.9. The Morgan fingerprint density at radius 1 is 1.24 bits per heavy atom. The minimum atomic E-state index is -0.184. The summed E-state index contributed by atoms with van der Waals surface area (Å²) in [7, 11) is 0. The maximum atomic E-state index is 12.2. The number of hydrogen-bond donors (Lipinski definition) is 1. The largest absolute Gasteiger partial charge is 0.472 e. The summed E-state index contributed by atoms with van der Waals surface area (Å²) in [6, 6.07) is 7.52. The minimum absolute atomic E-state index is 0.184. The molecular formula is C15H15BrN2O3. The first-order valence-corrected chi connectivity index (χ1v) is 7.49. The number of rotatable bonds is 3. The molecule has 1 fully saturated rings. The number of anilines is 2. The van der Waals surface area contributed by atoms with Crippen LogP contribution < -0.4 is 10.2 Å². The van der Waals surface area contributed by atoms with Crippen LogP contribution in [0.15, 0.2) is 45.7 Å². The summed E-state index contributed by atoms with van der Waals surface area (Å²) in [5.74, 6) is -0.184. The van der Waals surface area contributed by atoms with Crippen LogP contribution in [0.2, 0.25) is 0 Å². The van der Waals surface area contributed by atoms with Crippen molar-refractivity contribution in [2.75, 3.05) is 36.5 Å². The Hall–Kier alpha value is -1.79. The predicted octanol–water partition coefficient (Wildman–Crippen LogP) is 3.13. The van der Waals surface area contributed by atoms with Gasteiger partial charge in [-0.2, -0.15) is 0 Å². The summed E-state index contributed by atoms with van der Waals surface area (Å²) >= 11 is 3.45. The van der Waals surface area contributed by atoms with Gasteiger partial charge in [-0.25, -0.2) is 0 Å². The second-order valence-electron chi connectivity index (χ2n) is 4.73. The minimum Gasteiger partial charge on any atom is -0.472 e. The van der Waals surface area contributed by atoms with E-state index >= 15 is 0 Å². The maximum absolute atomic E-state index is 12.2. The third-order valence-electron chi connectivity index (χ3n) is 3.34. The number of halogens is 1. The van der Waals surface area contributed by atoms with E-state index in [4.69, 9.17) is 9.15 Å². The van der Waals surface area contributed by atoms with Gasteiger partial charge in [-0.15, -0.1) is 0 Å². The third kappa shape index (κ3) is 3.28. The lowest BCUT2D eigenvalue weighted by atomic mass is 10.2. The number of carbonyl (C=O) groups excluding carboxylic acids is 1. The van der Waals surface area contributed by atoms with Crippen molar-refractivity contribution in [2.45, 2.75) is 0 Å². The van der Waals surface area contributed by atoms with E-state index < -0.39 is 0 Å². The molecule has 1 saturated heterocycles. The molecule has 110 valence electrons. The van der Waals surface area contributed by atoms with Gasteiger partial charge in [0.25, 0.3) is 5.91 Å². The fraction of sp³-hybridized carbons (Fsp3) is 0.267. The van der Waals surface area contributed by atoms with Crippen molar-refractivity contribution in [1.82, 2.24) is 0 Å². The lowest BCUT2D eigenvalue weighted by Crippen LogP contribution is -2.36. The number of benzene rings is 1. The maximum Gasteiger partial charge on any atom is 0.258 e. The summed E-state index contributed by atoms with van der Waals surface area (Å²) < 4.78 is 11.2. The van der Waals surface area contributed by atoms with Crippen LogP contribution in [0.3, 0.4) is 0 Å². The van der Waals surface area contributed by atoms with Crippen molar-refractivity contribution in [3.8, 4) is 0 Å². The molecule has 1 aromatic heterocycles. The molecule has 1 aromatic carbocycles. The predicted molar refractivity (Wildman–Crippen MR) is 83.8 cm³/mol. The normalized spacial score (nSPS) is 15.0. The molecule has 0 saturated carbocycles. The molecule has 0 radical (unpaired) electrons. The second-order valence-corrected chi connectivity index (χ2v) is 5.64. The topological polar surface area (TPSA) is 54.7 Å². The molecule has 2 aromatic rings. The van der Waals surface area contributed by atoms with E-state index in [-0.39, 0.29) is 5.91 Å². The van der Waals surface area contributed by atoms with Crippen LogP contribution in [0.5, 0.6) is 0 Å². The van der Waals surface area contributed by atoms with Crippen LogP contribution in [-0.2, 0) is 4.74 Å². The van der Waals surface area contributed by atoms with Crippen molar-refractivity contribution in [1.29, 1.82) is 0 Å². The number of nitrogens with zero attached hydrogens (tertiary/aromatic N) is 1. The first-order chi connectivity index (χ1) is 10.2. The van der Waals surface area contributed by atoms with E-state index in [1.807, 2.05) is 18.2 Å². The SMILES string of the molecule is O=C(Nc1cc(Br)ccc1N1CCOCC1)c1ccoc1. The molecule has 21 heavy (non-hydrogen) atoms. The van der Waals surface area contributed by atoms with E-state index in [0.717, 1.165) is 28.9 Å². The van der Waals surface area contributed by atoms with E-state index in [9.17, 15) is 4.79 Å². The summed E-state index contributed by atoms with van der Waals surface area (Å²) in [6.07, 6.45) is 2.92. The first kappa shape index (κ1) is 14.2. The average Bonchev–Trinajstić information content (AvgIpc) is 3.03. The van der Waals surface area contributed by atoms with Crippen molar-refractivity contribution in [3.63, 3.8) is 0 Å². The Balaban J connectivity index is 1.85. The number of morpholine rings is 1. The molecule has 5 nitrogen and oxygen atoms in total. The van der Waals surface area contributed by atoms with Crippen LogP contribution in [0.25, 0.3) is 0 Å². The Morgan fingerprint density at radius 2 is 2.05 bits per heavy atom. The first-order valence-electron chi connectivity index (χ1n) is 6.70. The van der Waals surface area contributed by atoms with Crippen LogP contribution in [0.4, 0.5) is 11.4 Å².